The Kier molecular flexibility index (Phi) is 1.83. The van der Waals surface area contributed by atoms with Crippen LogP contribution in [0.5, 0.6) is 0 Å². The molecule has 2 aliphatic heterocycles. The number of carbonyl (C=O) groups excluding carboxylic acids is 1. The second-order valence-electron chi connectivity index (χ2n) is 3.68. The molecule has 0 aromatic heterocycles. The highest BCUT2D eigenvalue weighted by Crippen LogP contribution is 2.35. The molecule has 0 aromatic rings. The minimum atomic E-state index is -0.762. The Morgan fingerprint density at radius 1 is 1.46 bits per heavy atom. The third-order valence-corrected chi connectivity index (χ3v) is 2.18. The van der Waals surface area contributed by atoms with Gasteiger partial charge in [0.15, 0.2) is 18.0 Å². The van der Waals surface area contributed by atoms with Gasteiger partial charge in [0.2, 0.25) is 0 Å². The van der Waals surface area contributed by atoms with Gasteiger partial charge in [0.05, 0.1) is 6.61 Å². The number of cyclic esters (lactones) is 1. The van der Waals surface area contributed by atoms with Crippen LogP contribution in [-0.2, 0) is 19.0 Å². The summed E-state index contributed by atoms with van der Waals surface area (Å²) in [4.78, 5) is 11.2. The van der Waals surface area contributed by atoms with Crippen LogP contribution < -0.4 is 0 Å². The molecule has 74 valence electrons. The normalized spacial score (nSPS) is 41.8. The molecule has 0 bridgehead atoms. The van der Waals surface area contributed by atoms with E-state index < -0.39 is 30.1 Å². The molecule has 0 amide bonds. The third kappa shape index (κ3) is 1.33. The smallest absolute Gasteiger partial charge is 0.338 e. The molecule has 0 aliphatic carbocycles. The summed E-state index contributed by atoms with van der Waals surface area (Å²) in [5.41, 5.74) is 0. The van der Waals surface area contributed by atoms with Gasteiger partial charge in [-0.3, -0.25) is 0 Å². The van der Waals surface area contributed by atoms with Gasteiger partial charge >= 0.3 is 5.97 Å². The number of carbonyl (C=O) groups is 1. The van der Waals surface area contributed by atoms with Crippen LogP contribution in [0.3, 0.4) is 0 Å². The lowest BCUT2D eigenvalue weighted by atomic mass is 10.1. The molecule has 0 unspecified atom stereocenters. The van der Waals surface area contributed by atoms with E-state index in [4.69, 9.17) is 19.3 Å². The van der Waals surface area contributed by atoms with Crippen molar-refractivity contribution in [1.29, 1.82) is 0 Å². The van der Waals surface area contributed by atoms with Crippen LogP contribution in [0.15, 0.2) is 0 Å². The topological polar surface area (TPSA) is 65.0 Å². The highest BCUT2D eigenvalue weighted by molar-refractivity contribution is 5.78. The van der Waals surface area contributed by atoms with Gasteiger partial charge in [0.25, 0.3) is 0 Å². The van der Waals surface area contributed by atoms with Gasteiger partial charge in [0, 0.05) is 0 Å². The van der Waals surface area contributed by atoms with Crippen LogP contribution >= 0.6 is 0 Å². The van der Waals surface area contributed by atoms with Gasteiger partial charge in [0.1, 0.15) is 6.10 Å². The summed E-state index contributed by atoms with van der Waals surface area (Å²) in [6.07, 6.45) is -1.72. The van der Waals surface area contributed by atoms with Crippen molar-refractivity contribution in [3.63, 3.8) is 0 Å². The Bertz CT molecular complexity index is 237. The molecule has 5 heteroatoms. The van der Waals surface area contributed by atoms with E-state index >= 15 is 0 Å². The summed E-state index contributed by atoms with van der Waals surface area (Å²) in [6.45, 7) is 3.23. The Labute approximate surface area is 75.6 Å². The molecule has 3 atom stereocenters. The summed E-state index contributed by atoms with van der Waals surface area (Å²) >= 11 is 0. The van der Waals surface area contributed by atoms with E-state index in [1.54, 1.807) is 13.8 Å². The third-order valence-electron chi connectivity index (χ3n) is 2.18. The van der Waals surface area contributed by atoms with Gasteiger partial charge in [-0.2, -0.15) is 0 Å². The maximum Gasteiger partial charge on any atom is 0.338 e. The predicted molar refractivity (Wildman–Crippen MR) is 40.8 cm³/mol. The number of hydrogen-bond acceptors (Lipinski definition) is 5. The van der Waals surface area contributed by atoms with Gasteiger partial charge < -0.3 is 19.3 Å². The summed E-state index contributed by atoms with van der Waals surface area (Å²) in [5.74, 6) is -1.21. The maximum atomic E-state index is 11.2. The molecule has 2 heterocycles. The molecule has 2 rings (SSSR count). The first kappa shape index (κ1) is 8.93. The SMILES string of the molecule is CC1(C)O[C@@H]2[C@H](CO)OC(=O)[C@H]2O1. The number of fused-ring (bicyclic) bond motifs is 1. The molecule has 0 aromatic carbocycles. The number of aliphatic hydroxyl groups excluding tert-OH is 1. The minimum absolute atomic E-state index is 0.230. The lowest BCUT2D eigenvalue weighted by molar-refractivity contribution is -0.188. The summed E-state index contributed by atoms with van der Waals surface area (Å²) in [7, 11) is 0. The first-order valence-electron chi connectivity index (χ1n) is 4.20. The quantitative estimate of drug-likeness (QED) is 0.558. The molecule has 1 N–H and O–H groups in total. The number of ether oxygens (including phenoxy) is 3. The van der Waals surface area contributed by atoms with Crippen LogP contribution in [0.2, 0.25) is 0 Å². The van der Waals surface area contributed by atoms with Crippen molar-refractivity contribution in [2.75, 3.05) is 6.61 Å². The van der Waals surface area contributed by atoms with Gasteiger partial charge in [-0.1, -0.05) is 0 Å². The molecule has 2 aliphatic rings. The first-order chi connectivity index (χ1) is 6.03. The molecular formula is C8H12O5. The average Bonchev–Trinajstić information content (AvgIpc) is 2.47. The number of esters is 1. The zero-order chi connectivity index (χ0) is 9.64. The molecular weight excluding hydrogens is 176 g/mol. The van der Waals surface area contributed by atoms with Crippen LogP contribution in [0.1, 0.15) is 13.8 Å². The van der Waals surface area contributed by atoms with Crippen LogP contribution in [0.4, 0.5) is 0 Å². The van der Waals surface area contributed by atoms with Crippen molar-refractivity contribution in [3.05, 3.63) is 0 Å². The fraction of sp³-hybridized carbons (Fsp3) is 0.875. The molecule has 0 saturated carbocycles. The fourth-order valence-corrected chi connectivity index (χ4v) is 1.67. The molecule has 5 nitrogen and oxygen atoms in total. The Balaban J connectivity index is 2.17. The average molecular weight is 188 g/mol. The number of rotatable bonds is 1. The number of hydrogen-bond donors (Lipinski definition) is 1. The molecule has 0 radical (unpaired) electrons. The van der Waals surface area contributed by atoms with E-state index in [0.29, 0.717) is 0 Å². The van der Waals surface area contributed by atoms with Gasteiger partial charge in [-0.25, -0.2) is 4.79 Å². The monoisotopic (exact) mass is 188 g/mol. The van der Waals surface area contributed by atoms with Crippen molar-refractivity contribution in [3.8, 4) is 0 Å². The second kappa shape index (κ2) is 2.67. The van der Waals surface area contributed by atoms with Crippen molar-refractivity contribution < 1.29 is 24.1 Å². The van der Waals surface area contributed by atoms with E-state index in [2.05, 4.69) is 0 Å². The first-order valence-corrected chi connectivity index (χ1v) is 4.20. The fourth-order valence-electron chi connectivity index (χ4n) is 1.67. The van der Waals surface area contributed by atoms with Crippen molar-refractivity contribution in [1.82, 2.24) is 0 Å². The van der Waals surface area contributed by atoms with Gasteiger partial charge in [-0.05, 0) is 13.8 Å². The molecule has 2 saturated heterocycles. The number of aliphatic hydroxyl groups is 1. The van der Waals surface area contributed by atoms with Crippen LogP contribution in [0, 0.1) is 0 Å². The maximum absolute atomic E-state index is 11.2. The highest BCUT2D eigenvalue weighted by atomic mass is 16.8. The van der Waals surface area contributed by atoms with Crippen LogP contribution in [-0.4, -0.2) is 41.8 Å². The Hall–Kier alpha value is -0.650. The van der Waals surface area contributed by atoms with Gasteiger partial charge in [-0.15, -0.1) is 0 Å². The minimum Gasteiger partial charge on any atom is -0.455 e. The summed E-state index contributed by atoms with van der Waals surface area (Å²) in [5, 5.41) is 8.89. The van der Waals surface area contributed by atoms with Crippen molar-refractivity contribution in [2.45, 2.75) is 37.9 Å². The molecule has 0 spiro atoms. The lowest BCUT2D eigenvalue weighted by Gasteiger charge is -2.20. The zero-order valence-corrected chi connectivity index (χ0v) is 7.52. The highest BCUT2D eigenvalue weighted by Gasteiger charge is 2.55. The van der Waals surface area contributed by atoms with Crippen molar-refractivity contribution in [2.24, 2.45) is 0 Å². The lowest BCUT2D eigenvalue weighted by Crippen LogP contribution is -2.31. The Morgan fingerprint density at radius 3 is 2.77 bits per heavy atom. The second-order valence-corrected chi connectivity index (χ2v) is 3.68. The molecule has 13 heavy (non-hydrogen) atoms. The largest absolute Gasteiger partial charge is 0.455 e. The zero-order valence-electron chi connectivity index (χ0n) is 7.52. The van der Waals surface area contributed by atoms with Crippen molar-refractivity contribution >= 4 is 5.97 Å². The van der Waals surface area contributed by atoms with E-state index in [-0.39, 0.29) is 6.61 Å². The predicted octanol–water partition coefficient (Wildman–Crippen LogP) is -0.576. The Morgan fingerprint density at radius 2 is 2.15 bits per heavy atom. The standard InChI is InChI=1S/C8H12O5/c1-8(2)12-5-4(3-9)11-7(10)6(5)13-8/h4-6,9H,3H2,1-2H3/t4-,5+,6-/m0/s1. The molecule has 2 fully saturated rings. The summed E-state index contributed by atoms with van der Waals surface area (Å²) < 4.78 is 15.6. The van der Waals surface area contributed by atoms with E-state index in [0.717, 1.165) is 0 Å². The van der Waals surface area contributed by atoms with E-state index in [1.165, 1.54) is 0 Å². The van der Waals surface area contributed by atoms with E-state index in [1.807, 2.05) is 0 Å². The summed E-state index contributed by atoms with van der Waals surface area (Å²) in [6, 6.07) is 0. The van der Waals surface area contributed by atoms with Crippen LogP contribution in [0.25, 0.3) is 0 Å². The van der Waals surface area contributed by atoms with E-state index in [9.17, 15) is 4.79 Å².